The highest BCUT2D eigenvalue weighted by molar-refractivity contribution is 5.74. The summed E-state index contributed by atoms with van der Waals surface area (Å²) in [6, 6.07) is 5.98. The number of rotatable bonds is 1. The van der Waals surface area contributed by atoms with Crippen LogP contribution in [0.5, 0.6) is 5.75 Å². The zero-order chi connectivity index (χ0) is 11.8. The lowest BCUT2D eigenvalue weighted by molar-refractivity contribution is -0.0163. The first-order valence-electron chi connectivity index (χ1n) is 5.37. The molecule has 0 radical (unpaired) electrons. The maximum absolute atomic E-state index is 5.95. The number of hydrogen-bond donors (Lipinski definition) is 1. The fourth-order valence-corrected chi connectivity index (χ4v) is 1.90. The van der Waals surface area contributed by atoms with Gasteiger partial charge in [0.15, 0.2) is 6.79 Å². The van der Waals surface area contributed by atoms with Crippen molar-refractivity contribution in [1.29, 1.82) is 0 Å². The Bertz CT molecular complexity index is 563. The molecule has 0 amide bonds. The standard InChI is InChI=1S/C12H13N3O2/c1-15-12(13)10(5-14-15)8-2-3-9-6-16-7-17-11(9)4-8/h2-5H,6-7,13H2,1H3. The van der Waals surface area contributed by atoms with Gasteiger partial charge in [-0.15, -0.1) is 0 Å². The van der Waals surface area contributed by atoms with Crippen molar-refractivity contribution < 1.29 is 9.47 Å². The van der Waals surface area contributed by atoms with Crippen LogP contribution in [0, 0.1) is 0 Å². The summed E-state index contributed by atoms with van der Waals surface area (Å²) < 4.78 is 12.3. The fourth-order valence-electron chi connectivity index (χ4n) is 1.90. The topological polar surface area (TPSA) is 62.3 Å². The van der Waals surface area contributed by atoms with Gasteiger partial charge in [0.1, 0.15) is 11.6 Å². The minimum atomic E-state index is 0.305. The molecule has 1 aromatic carbocycles. The molecule has 2 aromatic rings. The Kier molecular flexibility index (Phi) is 2.26. The van der Waals surface area contributed by atoms with Gasteiger partial charge in [0.05, 0.1) is 12.8 Å². The van der Waals surface area contributed by atoms with Gasteiger partial charge in [-0.1, -0.05) is 12.1 Å². The van der Waals surface area contributed by atoms with E-state index < -0.39 is 0 Å². The summed E-state index contributed by atoms with van der Waals surface area (Å²) in [5.41, 5.74) is 8.94. The number of anilines is 1. The molecule has 0 saturated heterocycles. The van der Waals surface area contributed by atoms with Crippen molar-refractivity contribution in [3.63, 3.8) is 0 Å². The molecule has 3 rings (SSSR count). The van der Waals surface area contributed by atoms with Gasteiger partial charge in [0, 0.05) is 18.2 Å². The summed E-state index contributed by atoms with van der Waals surface area (Å²) in [5, 5.41) is 4.13. The number of benzene rings is 1. The van der Waals surface area contributed by atoms with E-state index in [-0.39, 0.29) is 0 Å². The zero-order valence-electron chi connectivity index (χ0n) is 9.51. The molecule has 0 spiro atoms. The Labute approximate surface area is 98.8 Å². The maximum Gasteiger partial charge on any atom is 0.189 e. The number of ether oxygens (including phenoxy) is 2. The van der Waals surface area contributed by atoms with Crippen LogP contribution in [0.4, 0.5) is 5.82 Å². The van der Waals surface area contributed by atoms with E-state index in [1.165, 1.54) is 0 Å². The van der Waals surface area contributed by atoms with Crippen LogP contribution in [-0.2, 0) is 18.4 Å². The second kappa shape index (κ2) is 3.78. The summed E-state index contributed by atoms with van der Waals surface area (Å²) in [6.45, 7) is 0.900. The summed E-state index contributed by atoms with van der Waals surface area (Å²) in [7, 11) is 1.82. The quantitative estimate of drug-likeness (QED) is 0.808. The van der Waals surface area contributed by atoms with Crippen LogP contribution in [0.2, 0.25) is 0 Å². The van der Waals surface area contributed by atoms with Crippen molar-refractivity contribution in [3.05, 3.63) is 30.0 Å². The maximum atomic E-state index is 5.95. The molecule has 5 heteroatoms. The predicted octanol–water partition coefficient (Wildman–Crippen LogP) is 1.54. The summed E-state index contributed by atoms with van der Waals surface area (Å²) in [4.78, 5) is 0. The highest BCUT2D eigenvalue weighted by Crippen LogP contribution is 2.32. The van der Waals surface area contributed by atoms with Gasteiger partial charge in [0.25, 0.3) is 0 Å². The number of fused-ring (bicyclic) bond motifs is 1. The van der Waals surface area contributed by atoms with E-state index >= 15 is 0 Å². The third-order valence-electron chi connectivity index (χ3n) is 2.92. The number of nitrogen functional groups attached to an aromatic ring is 1. The van der Waals surface area contributed by atoms with Crippen LogP contribution in [-0.4, -0.2) is 16.6 Å². The number of aryl methyl sites for hydroxylation is 1. The van der Waals surface area contributed by atoms with Gasteiger partial charge in [0.2, 0.25) is 0 Å². The number of nitrogens with zero attached hydrogens (tertiary/aromatic N) is 2. The van der Waals surface area contributed by atoms with E-state index in [2.05, 4.69) is 5.10 Å². The van der Waals surface area contributed by atoms with E-state index in [0.717, 1.165) is 22.4 Å². The summed E-state index contributed by atoms with van der Waals surface area (Å²) in [5.74, 6) is 1.51. The third-order valence-corrected chi connectivity index (χ3v) is 2.92. The molecule has 1 aromatic heterocycles. The molecule has 0 unspecified atom stereocenters. The Balaban J connectivity index is 2.07. The van der Waals surface area contributed by atoms with Gasteiger partial charge >= 0.3 is 0 Å². The zero-order valence-corrected chi connectivity index (χ0v) is 9.51. The minimum Gasteiger partial charge on any atom is -0.467 e. The average molecular weight is 231 g/mol. The monoisotopic (exact) mass is 231 g/mol. The summed E-state index contributed by atoms with van der Waals surface area (Å²) in [6.07, 6.45) is 1.76. The van der Waals surface area contributed by atoms with Crippen LogP contribution < -0.4 is 10.5 Å². The minimum absolute atomic E-state index is 0.305. The number of hydrogen-bond acceptors (Lipinski definition) is 4. The third kappa shape index (κ3) is 1.64. The van der Waals surface area contributed by atoms with Crippen molar-refractivity contribution in [2.45, 2.75) is 6.61 Å². The molecule has 0 fully saturated rings. The Hall–Kier alpha value is -2.01. The van der Waals surface area contributed by atoms with Gasteiger partial charge in [-0.25, -0.2) is 0 Å². The first-order valence-corrected chi connectivity index (χ1v) is 5.37. The SMILES string of the molecule is Cn1ncc(-c2ccc3c(c2)OCOC3)c1N. The van der Waals surface area contributed by atoms with Crippen molar-refractivity contribution in [1.82, 2.24) is 9.78 Å². The van der Waals surface area contributed by atoms with Crippen LogP contribution in [0.15, 0.2) is 24.4 Å². The highest BCUT2D eigenvalue weighted by atomic mass is 16.7. The fraction of sp³-hybridized carbons (Fsp3) is 0.250. The van der Waals surface area contributed by atoms with Crippen molar-refractivity contribution in [2.24, 2.45) is 7.05 Å². The molecule has 0 atom stereocenters. The van der Waals surface area contributed by atoms with Gasteiger partial charge < -0.3 is 15.2 Å². The molecule has 1 aliphatic heterocycles. The molecular formula is C12H13N3O2. The van der Waals surface area contributed by atoms with E-state index in [9.17, 15) is 0 Å². The van der Waals surface area contributed by atoms with E-state index in [0.29, 0.717) is 19.2 Å². The Morgan fingerprint density at radius 2 is 2.29 bits per heavy atom. The lowest BCUT2D eigenvalue weighted by atomic mass is 10.1. The lowest BCUT2D eigenvalue weighted by Gasteiger charge is -2.18. The second-order valence-corrected chi connectivity index (χ2v) is 4.00. The molecule has 88 valence electrons. The molecule has 0 bridgehead atoms. The van der Waals surface area contributed by atoms with Crippen LogP contribution in [0.25, 0.3) is 11.1 Å². The van der Waals surface area contributed by atoms with Crippen molar-refractivity contribution >= 4 is 5.82 Å². The molecule has 17 heavy (non-hydrogen) atoms. The molecule has 0 aliphatic carbocycles. The van der Waals surface area contributed by atoms with Crippen LogP contribution in [0.3, 0.4) is 0 Å². The van der Waals surface area contributed by atoms with Gasteiger partial charge in [-0.3, -0.25) is 4.68 Å². The smallest absolute Gasteiger partial charge is 0.189 e. The Morgan fingerprint density at radius 1 is 1.41 bits per heavy atom. The summed E-state index contributed by atoms with van der Waals surface area (Å²) >= 11 is 0. The second-order valence-electron chi connectivity index (χ2n) is 4.00. The molecular weight excluding hydrogens is 218 g/mol. The van der Waals surface area contributed by atoms with Crippen molar-refractivity contribution in [3.8, 4) is 16.9 Å². The average Bonchev–Trinajstić information content (AvgIpc) is 2.70. The van der Waals surface area contributed by atoms with E-state index in [1.807, 2.05) is 25.2 Å². The van der Waals surface area contributed by atoms with Gasteiger partial charge in [-0.05, 0) is 11.6 Å². The molecule has 1 aliphatic rings. The highest BCUT2D eigenvalue weighted by Gasteiger charge is 2.13. The Morgan fingerprint density at radius 3 is 3.06 bits per heavy atom. The molecule has 5 nitrogen and oxygen atoms in total. The van der Waals surface area contributed by atoms with E-state index in [4.69, 9.17) is 15.2 Å². The van der Waals surface area contributed by atoms with Gasteiger partial charge in [-0.2, -0.15) is 5.10 Å². The first-order chi connectivity index (χ1) is 8.25. The molecule has 2 N–H and O–H groups in total. The number of nitrogens with two attached hydrogens (primary N) is 1. The normalized spacial score (nSPS) is 14.2. The van der Waals surface area contributed by atoms with Crippen molar-refractivity contribution in [2.75, 3.05) is 12.5 Å². The predicted molar refractivity (Wildman–Crippen MR) is 63.3 cm³/mol. The van der Waals surface area contributed by atoms with Crippen LogP contribution in [0.1, 0.15) is 5.56 Å². The molecule has 0 saturated carbocycles. The van der Waals surface area contributed by atoms with E-state index in [1.54, 1.807) is 10.9 Å². The molecule has 2 heterocycles. The van der Waals surface area contributed by atoms with Crippen LogP contribution >= 0.6 is 0 Å². The number of aromatic nitrogens is 2. The first kappa shape index (κ1) is 10.2. The largest absolute Gasteiger partial charge is 0.467 e. The lowest BCUT2D eigenvalue weighted by Crippen LogP contribution is -2.11.